The molecular formula is C14H27N3O2S2. The van der Waals surface area contributed by atoms with Crippen LogP contribution in [0.5, 0.6) is 0 Å². The lowest BCUT2D eigenvalue weighted by Gasteiger charge is -2.36. The van der Waals surface area contributed by atoms with Crippen molar-refractivity contribution in [2.45, 2.75) is 33.1 Å². The van der Waals surface area contributed by atoms with Crippen LogP contribution in [0.3, 0.4) is 0 Å². The van der Waals surface area contributed by atoms with E-state index in [2.05, 4.69) is 19.2 Å². The maximum Gasteiger partial charge on any atom is 0.225 e. The molecule has 1 aliphatic heterocycles. The number of carbonyl (C=O) groups is 2. The van der Waals surface area contributed by atoms with E-state index in [0.29, 0.717) is 32.8 Å². The third kappa shape index (κ3) is 7.42. The minimum atomic E-state index is 0.126. The minimum absolute atomic E-state index is 0.126. The predicted octanol–water partition coefficient (Wildman–Crippen LogP) is 1.80. The Hall–Kier alpha value is -0.400. The molecule has 0 aromatic rings. The Morgan fingerprint density at radius 1 is 0.952 bits per heavy atom. The van der Waals surface area contributed by atoms with Gasteiger partial charge in [-0.05, 0) is 17.9 Å². The second-order valence-electron chi connectivity index (χ2n) is 4.88. The van der Waals surface area contributed by atoms with Gasteiger partial charge in [-0.2, -0.15) is 23.5 Å². The molecule has 1 N–H and O–H groups in total. The van der Waals surface area contributed by atoms with E-state index in [4.69, 9.17) is 0 Å². The first-order valence-corrected chi connectivity index (χ1v) is 9.91. The van der Waals surface area contributed by atoms with Gasteiger partial charge in [0.25, 0.3) is 0 Å². The van der Waals surface area contributed by atoms with Crippen LogP contribution in [0.25, 0.3) is 0 Å². The number of thioether (sulfide) groups is 2. The topological polar surface area (TPSA) is 52.7 Å². The lowest BCUT2D eigenvalue weighted by molar-refractivity contribution is -0.143. The molecule has 122 valence electrons. The first kappa shape index (κ1) is 18.6. The molecule has 7 heteroatoms. The summed E-state index contributed by atoms with van der Waals surface area (Å²) >= 11 is 3.59. The molecule has 1 heterocycles. The molecule has 0 aromatic carbocycles. The molecular weight excluding hydrogens is 306 g/mol. The van der Waals surface area contributed by atoms with Crippen LogP contribution in [0, 0.1) is 0 Å². The van der Waals surface area contributed by atoms with Gasteiger partial charge in [0.15, 0.2) is 0 Å². The Balaban J connectivity index is 2.30. The standard InChI is InChI=1S/C14H27N3O2S2/c1-3-7-21-9-6-14(19)17-11-15-10-16(12-17)13(18)5-8-20-4-2/h15H,3-12H2,1-2H3. The SMILES string of the molecule is CCCSCCC(=O)N1CNCN(C(=O)CCSCC)C1. The van der Waals surface area contributed by atoms with Gasteiger partial charge < -0.3 is 9.80 Å². The summed E-state index contributed by atoms with van der Waals surface area (Å²) in [7, 11) is 0. The normalized spacial score (nSPS) is 15.3. The first-order valence-electron chi connectivity index (χ1n) is 7.60. The van der Waals surface area contributed by atoms with Crippen LogP contribution in [-0.2, 0) is 9.59 Å². The number of rotatable bonds is 9. The maximum atomic E-state index is 12.1. The van der Waals surface area contributed by atoms with E-state index < -0.39 is 0 Å². The van der Waals surface area contributed by atoms with Crippen molar-refractivity contribution >= 4 is 35.3 Å². The molecule has 1 saturated heterocycles. The monoisotopic (exact) mass is 333 g/mol. The molecule has 1 fully saturated rings. The lowest BCUT2D eigenvalue weighted by Crippen LogP contribution is -2.56. The molecule has 1 rings (SSSR count). The van der Waals surface area contributed by atoms with Crippen LogP contribution in [0.1, 0.15) is 33.1 Å². The van der Waals surface area contributed by atoms with Gasteiger partial charge in [0.1, 0.15) is 0 Å². The van der Waals surface area contributed by atoms with E-state index >= 15 is 0 Å². The summed E-state index contributed by atoms with van der Waals surface area (Å²) < 4.78 is 0. The second kappa shape index (κ2) is 11.2. The summed E-state index contributed by atoms with van der Waals surface area (Å²) in [5.74, 6) is 4.11. The summed E-state index contributed by atoms with van der Waals surface area (Å²) in [6, 6.07) is 0. The Labute approximate surface area is 136 Å². The van der Waals surface area contributed by atoms with Gasteiger partial charge in [0.05, 0.1) is 20.0 Å². The zero-order valence-corrected chi connectivity index (χ0v) is 14.7. The van der Waals surface area contributed by atoms with Crippen molar-refractivity contribution in [3.05, 3.63) is 0 Å². The highest BCUT2D eigenvalue weighted by molar-refractivity contribution is 7.99. The molecule has 0 saturated carbocycles. The highest BCUT2D eigenvalue weighted by Gasteiger charge is 2.23. The first-order chi connectivity index (χ1) is 10.2. The third-order valence-electron chi connectivity index (χ3n) is 3.13. The van der Waals surface area contributed by atoms with Gasteiger partial charge in [-0.25, -0.2) is 0 Å². The van der Waals surface area contributed by atoms with Gasteiger partial charge in [-0.3, -0.25) is 14.9 Å². The molecule has 0 unspecified atom stereocenters. The minimum Gasteiger partial charge on any atom is -0.312 e. The number of nitrogens with zero attached hydrogens (tertiary/aromatic N) is 2. The van der Waals surface area contributed by atoms with Crippen LogP contribution in [0.4, 0.5) is 0 Å². The third-order valence-corrected chi connectivity index (χ3v) is 5.22. The number of amides is 2. The molecule has 5 nitrogen and oxygen atoms in total. The van der Waals surface area contributed by atoms with Crippen LogP contribution >= 0.6 is 23.5 Å². The molecule has 1 aliphatic rings. The van der Waals surface area contributed by atoms with E-state index in [-0.39, 0.29) is 11.8 Å². The summed E-state index contributed by atoms with van der Waals surface area (Å²) in [4.78, 5) is 27.7. The highest BCUT2D eigenvalue weighted by atomic mass is 32.2. The predicted molar refractivity (Wildman–Crippen MR) is 91.3 cm³/mol. The fourth-order valence-electron chi connectivity index (χ4n) is 1.99. The summed E-state index contributed by atoms with van der Waals surface area (Å²) in [5, 5.41) is 3.14. The van der Waals surface area contributed by atoms with Crippen molar-refractivity contribution in [1.29, 1.82) is 0 Å². The van der Waals surface area contributed by atoms with Crippen LogP contribution < -0.4 is 5.32 Å². The average molecular weight is 334 g/mol. The largest absolute Gasteiger partial charge is 0.312 e. The van der Waals surface area contributed by atoms with Gasteiger partial charge in [-0.1, -0.05) is 13.8 Å². The summed E-state index contributed by atoms with van der Waals surface area (Å²) in [5.41, 5.74) is 0. The Morgan fingerprint density at radius 2 is 1.52 bits per heavy atom. The van der Waals surface area contributed by atoms with E-state index in [9.17, 15) is 9.59 Å². The van der Waals surface area contributed by atoms with Crippen molar-refractivity contribution in [2.24, 2.45) is 0 Å². The molecule has 0 spiro atoms. The molecule has 2 amide bonds. The van der Waals surface area contributed by atoms with Crippen molar-refractivity contribution in [2.75, 3.05) is 43.0 Å². The molecule has 0 aliphatic carbocycles. The van der Waals surface area contributed by atoms with E-state index in [0.717, 1.165) is 29.4 Å². The zero-order valence-electron chi connectivity index (χ0n) is 13.1. The Morgan fingerprint density at radius 3 is 2.05 bits per heavy atom. The number of hydrogen-bond donors (Lipinski definition) is 1. The zero-order chi connectivity index (χ0) is 15.5. The van der Waals surface area contributed by atoms with Crippen molar-refractivity contribution in [1.82, 2.24) is 15.1 Å². The van der Waals surface area contributed by atoms with Gasteiger partial charge in [-0.15, -0.1) is 0 Å². The van der Waals surface area contributed by atoms with E-state index in [1.54, 1.807) is 21.6 Å². The number of carbonyl (C=O) groups excluding carboxylic acids is 2. The average Bonchev–Trinajstić information content (AvgIpc) is 2.51. The Bertz CT molecular complexity index is 329. The fourth-order valence-corrected chi connectivity index (χ4v) is 3.41. The molecule has 0 atom stereocenters. The van der Waals surface area contributed by atoms with Crippen LogP contribution in [-0.4, -0.2) is 64.6 Å². The van der Waals surface area contributed by atoms with Gasteiger partial charge in [0.2, 0.25) is 11.8 Å². The van der Waals surface area contributed by atoms with Crippen molar-refractivity contribution in [3.63, 3.8) is 0 Å². The summed E-state index contributed by atoms with van der Waals surface area (Å²) in [6.45, 7) is 5.76. The van der Waals surface area contributed by atoms with Crippen LogP contribution in [0.15, 0.2) is 0 Å². The highest BCUT2D eigenvalue weighted by Crippen LogP contribution is 2.09. The lowest BCUT2D eigenvalue weighted by atomic mass is 10.3. The molecule has 0 radical (unpaired) electrons. The van der Waals surface area contributed by atoms with E-state index in [1.165, 1.54) is 0 Å². The van der Waals surface area contributed by atoms with E-state index in [1.807, 2.05) is 11.8 Å². The molecule has 0 bridgehead atoms. The maximum absolute atomic E-state index is 12.1. The smallest absolute Gasteiger partial charge is 0.225 e. The van der Waals surface area contributed by atoms with Crippen molar-refractivity contribution < 1.29 is 9.59 Å². The Kier molecular flexibility index (Phi) is 9.95. The fraction of sp³-hybridized carbons (Fsp3) is 0.857. The van der Waals surface area contributed by atoms with Gasteiger partial charge >= 0.3 is 0 Å². The van der Waals surface area contributed by atoms with Gasteiger partial charge in [0, 0.05) is 24.3 Å². The molecule has 0 aromatic heterocycles. The van der Waals surface area contributed by atoms with Crippen molar-refractivity contribution in [3.8, 4) is 0 Å². The number of hydrogen-bond acceptors (Lipinski definition) is 5. The van der Waals surface area contributed by atoms with Crippen LogP contribution in [0.2, 0.25) is 0 Å². The summed E-state index contributed by atoms with van der Waals surface area (Å²) in [6.07, 6.45) is 2.25. The quantitative estimate of drug-likeness (QED) is 0.652. The second-order valence-corrected chi connectivity index (χ2v) is 7.50. The molecule has 21 heavy (non-hydrogen) atoms. The number of nitrogens with one attached hydrogen (secondary N) is 1.